The zero-order valence-electron chi connectivity index (χ0n) is 34.4. The van der Waals surface area contributed by atoms with Crippen LogP contribution >= 0.6 is 0 Å². The third kappa shape index (κ3) is 10.9. The van der Waals surface area contributed by atoms with E-state index < -0.39 is 0 Å². The minimum Gasteiger partial charge on any atom is -0.504 e. The number of aromatic hydroxyl groups is 1. The number of nitrogens with two attached hydrogens (primary N) is 4. The van der Waals surface area contributed by atoms with Crippen LogP contribution in [0.3, 0.4) is 0 Å². The number of ether oxygens (including phenoxy) is 1. The van der Waals surface area contributed by atoms with E-state index in [0.717, 1.165) is 85.0 Å². The molecule has 1 aliphatic rings. The van der Waals surface area contributed by atoms with Crippen LogP contribution in [0.25, 0.3) is 33.7 Å². The van der Waals surface area contributed by atoms with Crippen LogP contribution < -0.4 is 43.5 Å². The number of anilines is 1. The molecule has 0 fully saturated rings. The Hall–Kier alpha value is -6.28. The van der Waals surface area contributed by atoms with E-state index in [-0.39, 0.29) is 35.0 Å². The second-order valence-corrected chi connectivity index (χ2v) is 15.2. The highest BCUT2D eigenvalue weighted by Gasteiger charge is 2.27. The molecule has 0 unspecified atom stereocenters. The Kier molecular flexibility index (Phi) is 15.2. The van der Waals surface area contributed by atoms with Crippen molar-refractivity contribution in [3.05, 3.63) is 136 Å². The molecule has 13 heteroatoms. The Bertz CT molecular complexity index is 2340. The smallest absolute Gasteiger partial charge is 0.228 e. The van der Waals surface area contributed by atoms with Crippen LogP contribution in [0.5, 0.6) is 11.5 Å². The predicted molar refractivity (Wildman–Crippen MR) is 240 cm³/mol. The van der Waals surface area contributed by atoms with Gasteiger partial charge in [0.05, 0.1) is 34.7 Å². The molecule has 0 bridgehead atoms. The monoisotopic (exact) mass is 814 g/mol. The van der Waals surface area contributed by atoms with Crippen LogP contribution in [0.4, 0.5) is 5.69 Å². The summed E-state index contributed by atoms with van der Waals surface area (Å²) in [7, 11) is 1.84. The molecular formula is C47H58N8O5. The van der Waals surface area contributed by atoms with Gasteiger partial charge < -0.3 is 46.0 Å². The molecule has 13 nitrogen and oxygen atoms in total. The zero-order valence-corrected chi connectivity index (χ0v) is 34.4. The van der Waals surface area contributed by atoms with Crippen LogP contribution in [0.15, 0.2) is 118 Å². The van der Waals surface area contributed by atoms with Gasteiger partial charge in [0.2, 0.25) is 11.7 Å². The van der Waals surface area contributed by atoms with E-state index in [1.807, 2.05) is 90.8 Å². The number of phenolic OH excluding ortho intramolecular Hbond substituents is 1. The van der Waals surface area contributed by atoms with E-state index in [4.69, 9.17) is 32.3 Å². The third-order valence-corrected chi connectivity index (χ3v) is 10.7. The van der Waals surface area contributed by atoms with Crippen LogP contribution in [0.1, 0.15) is 74.5 Å². The van der Waals surface area contributed by atoms with Crippen molar-refractivity contribution in [3.63, 3.8) is 0 Å². The first-order valence-electron chi connectivity index (χ1n) is 20.8. The van der Waals surface area contributed by atoms with Crippen molar-refractivity contribution in [3.8, 4) is 22.8 Å². The van der Waals surface area contributed by atoms with Gasteiger partial charge in [-0.25, -0.2) is 11.7 Å². The highest BCUT2D eigenvalue weighted by Crippen LogP contribution is 2.38. The molecule has 0 spiro atoms. The van der Waals surface area contributed by atoms with E-state index in [2.05, 4.69) is 5.32 Å². The summed E-state index contributed by atoms with van der Waals surface area (Å²) in [6.45, 7) is 2.24. The summed E-state index contributed by atoms with van der Waals surface area (Å²) in [6, 6.07) is 29.4. The highest BCUT2D eigenvalue weighted by atomic mass is 16.5. The molecule has 1 amide bonds. The van der Waals surface area contributed by atoms with Gasteiger partial charge in [-0.2, -0.15) is 0 Å². The second-order valence-electron chi connectivity index (χ2n) is 15.2. The van der Waals surface area contributed by atoms with E-state index in [9.17, 15) is 14.7 Å². The van der Waals surface area contributed by atoms with E-state index in [1.54, 1.807) is 16.2 Å². The van der Waals surface area contributed by atoms with Gasteiger partial charge in [-0.3, -0.25) is 9.59 Å². The zero-order chi connectivity index (χ0) is 42.4. The van der Waals surface area contributed by atoms with E-state index in [0.29, 0.717) is 55.1 Å². The summed E-state index contributed by atoms with van der Waals surface area (Å²) < 4.78 is 11.9. The Balaban J connectivity index is 0.925. The molecule has 0 saturated heterocycles. The molecule has 0 saturated carbocycles. The van der Waals surface area contributed by atoms with Crippen LogP contribution in [0.2, 0.25) is 0 Å². The molecule has 60 heavy (non-hydrogen) atoms. The molecule has 10 N–H and O–H groups in total. The molecule has 0 aliphatic carbocycles. The molecule has 5 aromatic rings. The lowest BCUT2D eigenvalue weighted by Gasteiger charge is -2.33. The largest absolute Gasteiger partial charge is 0.504 e. The maximum atomic E-state index is 13.4. The SMILES string of the molecule is CNCCC(=O)N1Cc2ccccc2/C(N(N)CCCCCCCCCCN(N)/C=C(\N)COc2c(O)ccc3c(=O)cc(-c4ccccc4)oc23)=C(/N)c2ccccc21. The molecule has 0 atom stereocenters. The lowest BCUT2D eigenvalue weighted by molar-refractivity contribution is -0.118. The Morgan fingerprint density at radius 2 is 1.52 bits per heavy atom. The third-order valence-electron chi connectivity index (χ3n) is 10.7. The number of carbonyl (C=O) groups is 1. The second kappa shape index (κ2) is 21.1. The summed E-state index contributed by atoms with van der Waals surface area (Å²) in [5.74, 6) is 13.3. The number of hydrogen-bond acceptors (Lipinski definition) is 12. The summed E-state index contributed by atoms with van der Waals surface area (Å²) in [5, 5.41) is 17.3. The molecule has 4 aromatic carbocycles. The van der Waals surface area contributed by atoms with Crippen molar-refractivity contribution >= 4 is 34.0 Å². The van der Waals surface area contributed by atoms with E-state index >= 15 is 0 Å². The number of amides is 1. The van der Waals surface area contributed by atoms with Gasteiger partial charge in [-0.1, -0.05) is 111 Å². The van der Waals surface area contributed by atoms with Crippen molar-refractivity contribution in [2.45, 2.75) is 64.3 Å². The number of unbranched alkanes of at least 4 members (excludes halogenated alkanes) is 7. The summed E-state index contributed by atoms with van der Waals surface area (Å²) >= 11 is 0. The Morgan fingerprint density at radius 1 is 0.867 bits per heavy atom. The molecule has 6 rings (SSSR count). The van der Waals surface area contributed by atoms with Crippen LogP contribution in [0, 0.1) is 0 Å². The van der Waals surface area contributed by atoms with Crippen LogP contribution in [-0.2, 0) is 11.3 Å². The first kappa shape index (κ1) is 43.3. The van der Waals surface area contributed by atoms with Gasteiger partial charge in [-0.15, -0.1) is 0 Å². The van der Waals surface area contributed by atoms with E-state index in [1.165, 1.54) is 18.2 Å². The van der Waals surface area contributed by atoms with Gasteiger partial charge in [-0.05, 0) is 43.7 Å². The number of para-hydroxylation sites is 1. The molecule has 316 valence electrons. The number of hydrogen-bond donors (Lipinski definition) is 6. The van der Waals surface area contributed by atoms with Gasteiger partial charge in [0.25, 0.3) is 0 Å². The standard InChI is InChI=1S/C47H58N8O5/c1-52-26-25-43(58)54-30-34-19-11-12-20-36(34)45(44(49)37-21-13-14-22-39(37)54)55(51)28-16-7-5-3-2-4-6-15-27-53(50)31-35(48)32-59-47-40(56)24-23-38-41(57)29-42(60-46(38)47)33-17-9-8-10-18-33/h8-14,17-24,29,31,52,56H,2-7,15-16,25-28,30,32,48-51H2,1H3/b35-31-,45-44-. The predicted octanol–water partition coefficient (Wildman–Crippen LogP) is 6.76. The van der Waals surface area contributed by atoms with Crippen molar-refractivity contribution < 1.29 is 19.1 Å². The van der Waals surface area contributed by atoms with Gasteiger partial charge in [0, 0.05) is 55.0 Å². The number of fused-ring (bicyclic) bond motifs is 3. The summed E-state index contributed by atoms with van der Waals surface area (Å²) in [4.78, 5) is 28.1. The number of benzene rings is 4. The topological polar surface area (TPSA) is 203 Å². The average molecular weight is 815 g/mol. The van der Waals surface area contributed by atoms with Crippen molar-refractivity contribution in [2.24, 2.45) is 23.2 Å². The first-order chi connectivity index (χ1) is 29.2. The minimum absolute atomic E-state index is 0.0347. The maximum absolute atomic E-state index is 13.4. The number of nitrogens with one attached hydrogen (secondary N) is 1. The average Bonchev–Trinajstić information content (AvgIpc) is 3.25. The molecule has 1 aliphatic heterocycles. The van der Waals surface area contributed by atoms with Gasteiger partial charge >= 0.3 is 0 Å². The highest BCUT2D eigenvalue weighted by molar-refractivity contribution is 6.01. The number of nitrogens with zero attached hydrogens (tertiary/aromatic N) is 3. The maximum Gasteiger partial charge on any atom is 0.228 e. The summed E-state index contributed by atoms with van der Waals surface area (Å²) in [6.07, 6.45) is 10.4. The van der Waals surface area contributed by atoms with Gasteiger partial charge in [0.1, 0.15) is 12.4 Å². The number of phenols is 1. The van der Waals surface area contributed by atoms with Crippen molar-refractivity contribution in [1.82, 2.24) is 15.3 Å². The molecule has 0 radical (unpaired) electrons. The summed E-state index contributed by atoms with van der Waals surface area (Å²) in [5.41, 5.74) is 19.0. The van der Waals surface area contributed by atoms with Gasteiger partial charge in [0.15, 0.2) is 16.8 Å². The minimum atomic E-state index is -0.247. The van der Waals surface area contributed by atoms with Crippen molar-refractivity contribution in [2.75, 3.05) is 38.2 Å². The van der Waals surface area contributed by atoms with Crippen LogP contribution in [-0.4, -0.2) is 54.3 Å². The fraction of sp³-hybridized carbons (Fsp3) is 0.319. The lowest BCUT2D eigenvalue weighted by Crippen LogP contribution is -2.37. The number of carbonyl (C=O) groups excluding carboxylic acids is 1. The quantitative estimate of drug-likeness (QED) is 0.0274. The Labute approximate surface area is 351 Å². The number of hydrazine groups is 2. The molecular weight excluding hydrogens is 757 g/mol. The first-order valence-corrected chi connectivity index (χ1v) is 20.8. The fourth-order valence-corrected chi connectivity index (χ4v) is 7.54. The molecule has 1 aromatic heterocycles. The number of rotatable bonds is 20. The normalized spacial score (nSPS) is 14.0. The lowest BCUT2D eigenvalue weighted by atomic mass is 9.95. The van der Waals surface area contributed by atoms with Crippen molar-refractivity contribution in [1.29, 1.82) is 0 Å². The Morgan fingerprint density at radius 3 is 2.25 bits per heavy atom. The molecule has 2 heterocycles. The fourth-order valence-electron chi connectivity index (χ4n) is 7.54.